The second-order valence-corrected chi connectivity index (χ2v) is 7.18. The second-order valence-electron chi connectivity index (χ2n) is 6.03. The number of hydrogen-bond acceptors (Lipinski definition) is 3. The van der Waals surface area contributed by atoms with Gasteiger partial charge in [0.15, 0.2) is 0 Å². The van der Waals surface area contributed by atoms with Crippen molar-refractivity contribution in [1.29, 1.82) is 0 Å². The van der Waals surface area contributed by atoms with Crippen LogP contribution in [-0.4, -0.2) is 41.6 Å². The van der Waals surface area contributed by atoms with E-state index in [1.165, 1.54) is 42.9 Å². The lowest BCUT2D eigenvalue weighted by Gasteiger charge is -2.44. The lowest BCUT2D eigenvalue weighted by molar-refractivity contribution is 0.0889. The molecule has 0 spiro atoms. The van der Waals surface area contributed by atoms with Gasteiger partial charge >= 0.3 is 0 Å². The van der Waals surface area contributed by atoms with Gasteiger partial charge in [0.05, 0.1) is 0 Å². The molecule has 0 aliphatic carbocycles. The maximum absolute atomic E-state index is 3.77. The summed E-state index contributed by atoms with van der Waals surface area (Å²) >= 11 is 2.13. The molecule has 2 aliphatic heterocycles. The Morgan fingerprint density at radius 1 is 1.30 bits per heavy atom. The van der Waals surface area contributed by atoms with E-state index >= 15 is 0 Å². The predicted molar refractivity (Wildman–Crippen MR) is 88.3 cm³/mol. The molecule has 2 saturated heterocycles. The van der Waals surface area contributed by atoms with E-state index in [4.69, 9.17) is 0 Å². The van der Waals surface area contributed by atoms with Crippen LogP contribution in [0.1, 0.15) is 37.8 Å². The number of thioether (sulfide) groups is 1. The number of rotatable bonds is 4. The van der Waals surface area contributed by atoms with Crippen molar-refractivity contribution in [3.63, 3.8) is 0 Å². The molecule has 0 radical (unpaired) electrons. The minimum absolute atomic E-state index is 0.563. The molecule has 2 aliphatic rings. The summed E-state index contributed by atoms with van der Waals surface area (Å²) in [5, 5.41) is 3.77. The highest BCUT2D eigenvalue weighted by atomic mass is 32.2. The summed E-state index contributed by atoms with van der Waals surface area (Å²) in [5.74, 6) is 2.66. The molecule has 3 unspecified atom stereocenters. The van der Waals surface area contributed by atoms with Crippen LogP contribution in [0, 0.1) is 0 Å². The van der Waals surface area contributed by atoms with Crippen LogP contribution in [0.4, 0.5) is 0 Å². The molecular weight excluding hydrogens is 264 g/mol. The Morgan fingerprint density at radius 2 is 2.15 bits per heavy atom. The first-order valence-corrected chi connectivity index (χ1v) is 9.15. The SMILES string of the molecule is CCCC1CN(C2CCSC2)C(c2ccccc2)CN1. The van der Waals surface area contributed by atoms with Gasteiger partial charge in [-0.1, -0.05) is 43.7 Å². The Bertz CT molecular complexity index is 403. The van der Waals surface area contributed by atoms with Crippen molar-refractivity contribution in [3.05, 3.63) is 35.9 Å². The normalized spacial score (nSPS) is 31.6. The van der Waals surface area contributed by atoms with Crippen LogP contribution < -0.4 is 5.32 Å². The summed E-state index contributed by atoms with van der Waals surface area (Å²) < 4.78 is 0. The minimum atomic E-state index is 0.563. The summed E-state index contributed by atoms with van der Waals surface area (Å²) in [5.41, 5.74) is 1.48. The van der Waals surface area contributed by atoms with E-state index in [0.717, 1.165) is 12.6 Å². The molecule has 2 fully saturated rings. The van der Waals surface area contributed by atoms with Crippen molar-refractivity contribution >= 4 is 11.8 Å². The van der Waals surface area contributed by atoms with E-state index in [1.54, 1.807) is 0 Å². The number of nitrogens with zero attached hydrogens (tertiary/aromatic N) is 1. The third-order valence-electron chi connectivity index (χ3n) is 4.63. The fraction of sp³-hybridized carbons (Fsp3) is 0.647. The van der Waals surface area contributed by atoms with Gasteiger partial charge in [-0.05, 0) is 24.2 Å². The van der Waals surface area contributed by atoms with Crippen LogP contribution in [0.3, 0.4) is 0 Å². The number of piperazine rings is 1. The molecule has 1 aromatic rings. The fourth-order valence-corrected chi connectivity index (χ4v) is 4.79. The quantitative estimate of drug-likeness (QED) is 0.916. The van der Waals surface area contributed by atoms with Crippen LogP contribution >= 0.6 is 11.8 Å². The average Bonchev–Trinajstić information content (AvgIpc) is 3.03. The van der Waals surface area contributed by atoms with Gasteiger partial charge in [-0.3, -0.25) is 4.90 Å². The predicted octanol–water partition coefficient (Wildman–Crippen LogP) is 3.31. The molecule has 1 N–H and O–H groups in total. The van der Waals surface area contributed by atoms with Crippen molar-refractivity contribution in [2.24, 2.45) is 0 Å². The first kappa shape index (κ1) is 14.4. The molecule has 1 aromatic carbocycles. The summed E-state index contributed by atoms with van der Waals surface area (Å²) in [6.45, 7) is 4.62. The Kier molecular flexibility index (Phi) is 5.03. The maximum Gasteiger partial charge on any atom is 0.0476 e. The van der Waals surface area contributed by atoms with E-state index < -0.39 is 0 Å². The van der Waals surface area contributed by atoms with Crippen LogP contribution in [0.2, 0.25) is 0 Å². The molecule has 20 heavy (non-hydrogen) atoms. The maximum atomic E-state index is 3.77. The monoisotopic (exact) mass is 290 g/mol. The van der Waals surface area contributed by atoms with Gasteiger partial charge in [0.25, 0.3) is 0 Å². The molecule has 110 valence electrons. The topological polar surface area (TPSA) is 15.3 Å². The highest BCUT2D eigenvalue weighted by molar-refractivity contribution is 7.99. The fourth-order valence-electron chi connectivity index (χ4n) is 3.56. The van der Waals surface area contributed by atoms with Crippen LogP contribution in [0.15, 0.2) is 30.3 Å². The highest BCUT2D eigenvalue weighted by Crippen LogP contribution is 2.32. The van der Waals surface area contributed by atoms with E-state index in [1.807, 2.05) is 0 Å². The number of hydrogen-bond donors (Lipinski definition) is 1. The molecule has 2 heterocycles. The Morgan fingerprint density at radius 3 is 2.85 bits per heavy atom. The van der Waals surface area contributed by atoms with E-state index in [2.05, 4.69) is 59.2 Å². The molecule has 3 heteroatoms. The van der Waals surface area contributed by atoms with Gasteiger partial charge < -0.3 is 5.32 Å². The average molecular weight is 290 g/mol. The Labute approximate surface area is 127 Å². The van der Waals surface area contributed by atoms with Crippen molar-refractivity contribution < 1.29 is 0 Å². The first-order valence-electron chi connectivity index (χ1n) is 8.00. The van der Waals surface area contributed by atoms with Gasteiger partial charge in [-0.2, -0.15) is 11.8 Å². The third-order valence-corrected chi connectivity index (χ3v) is 5.77. The molecule has 0 saturated carbocycles. The van der Waals surface area contributed by atoms with E-state index in [9.17, 15) is 0 Å². The Balaban J connectivity index is 1.77. The van der Waals surface area contributed by atoms with Gasteiger partial charge in [0.1, 0.15) is 0 Å². The van der Waals surface area contributed by atoms with Gasteiger partial charge in [0, 0.05) is 37.0 Å². The van der Waals surface area contributed by atoms with Gasteiger partial charge in [0.2, 0.25) is 0 Å². The van der Waals surface area contributed by atoms with Gasteiger partial charge in [-0.25, -0.2) is 0 Å². The largest absolute Gasteiger partial charge is 0.311 e. The van der Waals surface area contributed by atoms with Crippen LogP contribution in [0.25, 0.3) is 0 Å². The summed E-state index contributed by atoms with van der Waals surface area (Å²) in [6, 6.07) is 13.1. The highest BCUT2D eigenvalue weighted by Gasteiger charge is 2.34. The van der Waals surface area contributed by atoms with Crippen LogP contribution in [-0.2, 0) is 0 Å². The molecule has 2 nitrogen and oxygen atoms in total. The minimum Gasteiger partial charge on any atom is -0.311 e. The second kappa shape index (κ2) is 6.97. The lowest BCUT2D eigenvalue weighted by atomic mass is 9.97. The van der Waals surface area contributed by atoms with Gasteiger partial charge in [-0.15, -0.1) is 0 Å². The smallest absolute Gasteiger partial charge is 0.0476 e. The first-order chi connectivity index (χ1) is 9.88. The van der Waals surface area contributed by atoms with E-state index in [-0.39, 0.29) is 0 Å². The number of nitrogens with one attached hydrogen (secondary N) is 1. The summed E-state index contributed by atoms with van der Waals surface area (Å²) in [4.78, 5) is 2.80. The summed E-state index contributed by atoms with van der Waals surface area (Å²) in [6.07, 6.45) is 3.95. The summed E-state index contributed by atoms with van der Waals surface area (Å²) in [7, 11) is 0. The zero-order chi connectivity index (χ0) is 13.8. The molecule has 0 bridgehead atoms. The standard InChI is InChI=1S/C17H26N2S/c1-2-6-15-12-19(16-9-10-20-13-16)17(11-18-15)14-7-4-3-5-8-14/h3-5,7-8,15-18H,2,6,9-13H2,1H3. The molecule has 0 amide bonds. The van der Waals surface area contributed by atoms with Crippen molar-refractivity contribution in [1.82, 2.24) is 10.2 Å². The van der Waals surface area contributed by atoms with E-state index in [0.29, 0.717) is 12.1 Å². The van der Waals surface area contributed by atoms with Crippen molar-refractivity contribution in [2.45, 2.75) is 44.3 Å². The van der Waals surface area contributed by atoms with Crippen molar-refractivity contribution in [2.75, 3.05) is 24.6 Å². The lowest BCUT2D eigenvalue weighted by Crippen LogP contribution is -2.55. The molecular formula is C17H26N2S. The zero-order valence-electron chi connectivity index (χ0n) is 12.4. The molecule has 3 atom stereocenters. The van der Waals surface area contributed by atoms with Crippen LogP contribution in [0.5, 0.6) is 0 Å². The molecule has 3 rings (SSSR count). The van der Waals surface area contributed by atoms with Crippen molar-refractivity contribution in [3.8, 4) is 0 Å². The number of benzene rings is 1. The third kappa shape index (κ3) is 3.21. The zero-order valence-corrected chi connectivity index (χ0v) is 13.2. The Hall–Kier alpha value is -0.510. The molecule has 0 aromatic heterocycles.